The average Bonchev–Trinajstić information content (AvgIpc) is 3.23. The first-order chi connectivity index (χ1) is 11.6. The molecule has 1 aliphatic heterocycles. The Morgan fingerprint density at radius 1 is 1.29 bits per heavy atom. The van der Waals surface area contributed by atoms with Gasteiger partial charge in [0.15, 0.2) is 0 Å². The van der Waals surface area contributed by atoms with Gasteiger partial charge in [0, 0.05) is 31.1 Å². The van der Waals surface area contributed by atoms with E-state index in [-0.39, 0.29) is 18.0 Å². The standard InChI is InChI=1S/C18H24N4O2/c1-4-16-20-21-18(24-16)13(3)19-12(2)14-7-5-8-15(11-14)22-10-6-9-17(22)23/h5,7-8,11-13,19H,4,6,9-10H2,1-3H3/t12-,13-/m0/s1. The van der Waals surface area contributed by atoms with Gasteiger partial charge in [0.1, 0.15) is 0 Å². The van der Waals surface area contributed by atoms with Crippen molar-refractivity contribution in [2.45, 2.75) is 52.1 Å². The molecule has 0 spiro atoms. The topological polar surface area (TPSA) is 71.3 Å². The molecular weight excluding hydrogens is 304 g/mol. The summed E-state index contributed by atoms with van der Waals surface area (Å²) >= 11 is 0. The van der Waals surface area contributed by atoms with Gasteiger partial charge in [-0.25, -0.2) is 0 Å². The number of aryl methyl sites for hydroxylation is 1. The molecule has 1 N–H and O–H groups in total. The molecule has 2 heterocycles. The monoisotopic (exact) mass is 328 g/mol. The van der Waals surface area contributed by atoms with Crippen molar-refractivity contribution in [2.24, 2.45) is 0 Å². The van der Waals surface area contributed by atoms with Crippen LogP contribution < -0.4 is 10.2 Å². The lowest BCUT2D eigenvalue weighted by molar-refractivity contribution is -0.117. The van der Waals surface area contributed by atoms with Gasteiger partial charge in [0.25, 0.3) is 0 Å². The zero-order valence-electron chi connectivity index (χ0n) is 14.5. The third-order valence-electron chi connectivity index (χ3n) is 4.41. The molecular formula is C18H24N4O2. The van der Waals surface area contributed by atoms with Crippen LogP contribution in [0.1, 0.15) is 63.0 Å². The summed E-state index contributed by atoms with van der Waals surface area (Å²) in [7, 11) is 0. The van der Waals surface area contributed by atoms with Crippen molar-refractivity contribution < 1.29 is 9.21 Å². The van der Waals surface area contributed by atoms with E-state index < -0.39 is 0 Å². The van der Waals surface area contributed by atoms with E-state index in [1.54, 1.807) is 0 Å². The molecule has 1 saturated heterocycles. The van der Waals surface area contributed by atoms with E-state index in [4.69, 9.17) is 4.42 Å². The highest BCUT2D eigenvalue weighted by atomic mass is 16.4. The van der Waals surface area contributed by atoms with E-state index in [0.717, 1.165) is 30.6 Å². The third kappa shape index (κ3) is 3.48. The van der Waals surface area contributed by atoms with Gasteiger partial charge in [0.2, 0.25) is 17.7 Å². The molecule has 2 aromatic rings. The second-order valence-corrected chi connectivity index (χ2v) is 6.24. The number of nitrogens with one attached hydrogen (secondary N) is 1. The number of hydrogen-bond acceptors (Lipinski definition) is 5. The van der Waals surface area contributed by atoms with Crippen LogP contribution in [0.2, 0.25) is 0 Å². The van der Waals surface area contributed by atoms with Crippen molar-refractivity contribution in [3.63, 3.8) is 0 Å². The van der Waals surface area contributed by atoms with Gasteiger partial charge in [0.05, 0.1) is 6.04 Å². The number of rotatable bonds is 6. The third-order valence-corrected chi connectivity index (χ3v) is 4.41. The highest BCUT2D eigenvalue weighted by molar-refractivity contribution is 5.95. The van der Waals surface area contributed by atoms with Crippen LogP contribution in [0.4, 0.5) is 5.69 Å². The quantitative estimate of drug-likeness (QED) is 0.882. The van der Waals surface area contributed by atoms with Crippen molar-refractivity contribution in [3.05, 3.63) is 41.6 Å². The van der Waals surface area contributed by atoms with Crippen LogP contribution in [-0.2, 0) is 11.2 Å². The second-order valence-electron chi connectivity index (χ2n) is 6.24. The molecule has 1 aliphatic rings. The predicted molar refractivity (Wildman–Crippen MR) is 91.7 cm³/mol. The van der Waals surface area contributed by atoms with Gasteiger partial charge in [-0.15, -0.1) is 10.2 Å². The first-order valence-electron chi connectivity index (χ1n) is 8.57. The van der Waals surface area contributed by atoms with E-state index >= 15 is 0 Å². The van der Waals surface area contributed by atoms with Gasteiger partial charge in [-0.3, -0.25) is 10.1 Å². The molecule has 128 valence electrons. The Labute approximate surface area is 142 Å². The second kappa shape index (κ2) is 7.13. The molecule has 1 amide bonds. The largest absolute Gasteiger partial charge is 0.424 e. The molecule has 3 rings (SSSR count). The van der Waals surface area contributed by atoms with Gasteiger partial charge >= 0.3 is 0 Å². The fourth-order valence-electron chi connectivity index (χ4n) is 3.01. The van der Waals surface area contributed by atoms with E-state index in [0.29, 0.717) is 18.2 Å². The Kier molecular flexibility index (Phi) is 4.94. The Balaban J connectivity index is 1.70. The summed E-state index contributed by atoms with van der Waals surface area (Å²) in [5.74, 6) is 1.46. The Hall–Kier alpha value is -2.21. The molecule has 2 atom stereocenters. The molecule has 0 bridgehead atoms. The minimum absolute atomic E-state index is 0.0372. The number of benzene rings is 1. The molecule has 6 heteroatoms. The molecule has 24 heavy (non-hydrogen) atoms. The molecule has 0 aliphatic carbocycles. The van der Waals surface area contributed by atoms with E-state index in [9.17, 15) is 4.79 Å². The normalized spacial score (nSPS) is 17.3. The van der Waals surface area contributed by atoms with Crippen molar-refractivity contribution >= 4 is 11.6 Å². The minimum atomic E-state index is -0.0372. The van der Waals surface area contributed by atoms with Gasteiger partial charge in [-0.05, 0) is 38.0 Å². The summed E-state index contributed by atoms with van der Waals surface area (Å²) in [4.78, 5) is 13.8. The summed E-state index contributed by atoms with van der Waals surface area (Å²) in [5.41, 5.74) is 2.11. The van der Waals surface area contributed by atoms with Crippen molar-refractivity contribution in [3.8, 4) is 0 Å². The minimum Gasteiger partial charge on any atom is -0.424 e. The molecule has 0 saturated carbocycles. The fraction of sp³-hybridized carbons (Fsp3) is 0.500. The number of hydrogen-bond donors (Lipinski definition) is 1. The molecule has 1 aromatic carbocycles. The van der Waals surface area contributed by atoms with Crippen LogP contribution >= 0.6 is 0 Å². The van der Waals surface area contributed by atoms with Crippen molar-refractivity contribution in [2.75, 3.05) is 11.4 Å². The molecule has 1 aromatic heterocycles. The number of aromatic nitrogens is 2. The summed E-state index contributed by atoms with van der Waals surface area (Å²) in [6, 6.07) is 8.22. The van der Waals surface area contributed by atoms with Crippen LogP contribution in [0.5, 0.6) is 0 Å². The number of carbonyl (C=O) groups excluding carboxylic acids is 1. The van der Waals surface area contributed by atoms with Crippen LogP contribution in [-0.4, -0.2) is 22.6 Å². The molecule has 0 radical (unpaired) electrons. The van der Waals surface area contributed by atoms with Crippen LogP contribution in [0.25, 0.3) is 0 Å². The Morgan fingerprint density at radius 2 is 2.12 bits per heavy atom. The van der Waals surface area contributed by atoms with Crippen LogP contribution in [0.15, 0.2) is 28.7 Å². The van der Waals surface area contributed by atoms with Crippen molar-refractivity contribution in [1.29, 1.82) is 0 Å². The number of anilines is 1. The smallest absolute Gasteiger partial charge is 0.233 e. The van der Waals surface area contributed by atoms with E-state index in [2.05, 4.69) is 34.6 Å². The molecule has 6 nitrogen and oxygen atoms in total. The average molecular weight is 328 g/mol. The maximum Gasteiger partial charge on any atom is 0.233 e. The summed E-state index contributed by atoms with van der Waals surface area (Å²) in [6.45, 7) is 6.90. The lowest BCUT2D eigenvalue weighted by Crippen LogP contribution is -2.25. The van der Waals surface area contributed by atoms with E-state index in [1.807, 2.05) is 30.9 Å². The van der Waals surface area contributed by atoms with Gasteiger partial charge in [-0.1, -0.05) is 19.1 Å². The zero-order valence-corrected chi connectivity index (χ0v) is 14.5. The number of amides is 1. The van der Waals surface area contributed by atoms with Gasteiger partial charge < -0.3 is 9.32 Å². The van der Waals surface area contributed by atoms with Crippen LogP contribution in [0, 0.1) is 0 Å². The lowest BCUT2D eigenvalue weighted by Gasteiger charge is -2.21. The van der Waals surface area contributed by atoms with Crippen molar-refractivity contribution in [1.82, 2.24) is 15.5 Å². The lowest BCUT2D eigenvalue weighted by atomic mass is 10.1. The number of carbonyl (C=O) groups is 1. The highest BCUT2D eigenvalue weighted by Gasteiger charge is 2.22. The Morgan fingerprint density at radius 3 is 2.79 bits per heavy atom. The predicted octanol–water partition coefficient (Wildman–Crippen LogP) is 3.17. The van der Waals surface area contributed by atoms with Crippen LogP contribution in [0.3, 0.4) is 0 Å². The maximum absolute atomic E-state index is 11.9. The summed E-state index contributed by atoms with van der Waals surface area (Å²) in [6.07, 6.45) is 2.32. The highest BCUT2D eigenvalue weighted by Crippen LogP contribution is 2.26. The summed E-state index contributed by atoms with van der Waals surface area (Å²) < 4.78 is 5.61. The zero-order chi connectivity index (χ0) is 17.1. The first-order valence-corrected chi connectivity index (χ1v) is 8.57. The Bertz CT molecular complexity index is 713. The first kappa shape index (κ1) is 16.6. The molecule has 0 unspecified atom stereocenters. The SMILES string of the molecule is CCc1nnc([C@H](C)N[C@@H](C)c2cccc(N3CCCC3=O)c2)o1. The maximum atomic E-state index is 11.9. The number of nitrogens with zero attached hydrogens (tertiary/aromatic N) is 3. The van der Waals surface area contributed by atoms with Gasteiger partial charge in [-0.2, -0.15) is 0 Å². The molecule has 1 fully saturated rings. The fourth-order valence-corrected chi connectivity index (χ4v) is 3.01. The van der Waals surface area contributed by atoms with E-state index in [1.165, 1.54) is 0 Å². The summed E-state index contributed by atoms with van der Waals surface area (Å²) in [5, 5.41) is 11.6.